The number of rotatable bonds is 1. The third kappa shape index (κ3) is 3.31. The summed E-state index contributed by atoms with van der Waals surface area (Å²) in [7, 11) is 1.36. The molecular formula is C11H15F2NO. The van der Waals surface area contributed by atoms with E-state index in [1.54, 1.807) is 0 Å². The smallest absolute Gasteiger partial charge is 0.254 e. The zero-order valence-corrected chi connectivity index (χ0v) is 9.32. The van der Waals surface area contributed by atoms with E-state index in [2.05, 4.69) is 5.32 Å². The van der Waals surface area contributed by atoms with Gasteiger partial charge in [0.15, 0.2) is 0 Å². The van der Waals surface area contributed by atoms with Crippen LogP contribution in [0.15, 0.2) is 12.1 Å². The maximum absolute atomic E-state index is 13.0. The van der Waals surface area contributed by atoms with Crippen molar-refractivity contribution >= 4 is 5.91 Å². The van der Waals surface area contributed by atoms with Crippen LogP contribution in [-0.4, -0.2) is 13.0 Å². The molecule has 4 heteroatoms. The van der Waals surface area contributed by atoms with E-state index in [0.29, 0.717) is 0 Å². The maximum Gasteiger partial charge on any atom is 0.254 e. The fourth-order valence-corrected chi connectivity index (χ4v) is 0.955. The van der Waals surface area contributed by atoms with Crippen molar-refractivity contribution in [1.82, 2.24) is 5.32 Å². The van der Waals surface area contributed by atoms with Gasteiger partial charge in [0.2, 0.25) is 0 Å². The Bertz CT molecular complexity index is 351. The zero-order valence-electron chi connectivity index (χ0n) is 9.32. The standard InChI is InChI=1S/C9H9F2NO.C2H6/c1-5-3-8(11)6(4-7(5)10)9(13)12-2;1-2/h3-4H,1-2H3,(H,12,13);1-2H3. The lowest BCUT2D eigenvalue weighted by Crippen LogP contribution is -2.19. The molecule has 0 saturated heterocycles. The summed E-state index contributed by atoms with van der Waals surface area (Å²) in [5.74, 6) is -1.92. The minimum atomic E-state index is -0.710. The topological polar surface area (TPSA) is 29.1 Å². The van der Waals surface area contributed by atoms with E-state index in [-0.39, 0.29) is 11.1 Å². The predicted octanol–water partition coefficient (Wildman–Crippen LogP) is 2.66. The van der Waals surface area contributed by atoms with Crippen LogP contribution in [0.2, 0.25) is 0 Å². The van der Waals surface area contributed by atoms with Crippen molar-refractivity contribution in [3.05, 3.63) is 34.9 Å². The maximum atomic E-state index is 13.0. The van der Waals surface area contributed by atoms with Crippen LogP contribution in [0.3, 0.4) is 0 Å². The van der Waals surface area contributed by atoms with Crippen LogP contribution >= 0.6 is 0 Å². The molecule has 0 bridgehead atoms. The molecule has 0 saturated carbocycles. The van der Waals surface area contributed by atoms with Gasteiger partial charge in [-0.2, -0.15) is 0 Å². The van der Waals surface area contributed by atoms with Crippen LogP contribution < -0.4 is 5.32 Å². The Kier molecular flexibility index (Phi) is 5.52. The highest BCUT2D eigenvalue weighted by molar-refractivity contribution is 5.94. The summed E-state index contributed by atoms with van der Waals surface area (Å²) in [6.45, 7) is 5.44. The average molecular weight is 215 g/mol. The highest BCUT2D eigenvalue weighted by Crippen LogP contribution is 2.13. The minimum absolute atomic E-state index is 0.185. The molecule has 0 aliphatic heterocycles. The number of carbonyl (C=O) groups excluding carboxylic acids is 1. The van der Waals surface area contributed by atoms with Gasteiger partial charge in [0.1, 0.15) is 11.6 Å². The molecule has 1 aromatic carbocycles. The molecule has 1 N–H and O–H groups in total. The molecule has 0 fully saturated rings. The van der Waals surface area contributed by atoms with Gasteiger partial charge in [0.25, 0.3) is 5.91 Å². The molecule has 0 unspecified atom stereocenters. The number of nitrogens with one attached hydrogen (secondary N) is 1. The van der Waals surface area contributed by atoms with Crippen LogP contribution in [0.1, 0.15) is 29.8 Å². The Hall–Kier alpha value is -1.45. The molecule has 15 heavy (non-hydrogen) atoms. The van der Waals surface area contributed by atoms with Gasteiger partial charge >= 0.3 is 0 Å². The summed E-state index contributed by atoms with van der Waals surface area (Å²) in [5, 5.41) is 2.22. The molecule has 1 rings (SSSR count). The van der Waals surface area contributed by atoms with Gasteiger partial charge < -0.3 is 5.32 Å². The lowest BCUT2D eigenvalue weighted by Gasteiger charge is -2.03. The van der Waals surface area contributed by atoms with Crippen LogP contribution in [0.25, 0.3) is 0 Å². The minimum Gasteiger partial charge on any atom is -0.355 e. The molecule has 0 spiro atoms. The number of amides is 1. The quantitative estimate of drug-likeness (QED) is 0.766. The summed E-state index contributed by atoms with van der Waals surface area (Å²) in [6.07, 6.45) is 0. The molecule has 0 heterocycles. The van der Waals surface area contributed by atoms with Crippen molar-refractivity contribution in [3.63, 3.8) is 0 Å². The van der Waals surface area contributed by atoms with E-state index in [9.17, 15) is 13.6 Å². The lowest BCUT2D eigenvalue weighted by molar-refractivity contribution is 0.0958. The normalized spacial score (nSPS) is 8.93. The molecule has 0 radical (unpaired) electrons. The summed E-state index contributed by atoms with van der Waals surface area (Å²) in [5.41, 5.74) is -0.0873. The number of hydrogen-bond acceptors (Lipinski definition) is 1. The molecule has 1 aromatic rings. The molecule has 0 atom stereocenters. The molecular weight excluding hydrogens is 200 g/mol. The first-order valence-corrected chi connectivity index (χ1v) is 4.74. The number of hydrogen-bond donors (Lipinski definition) is 1. The van der Waals surface area contributed by atoms with Gasteiger partial charge in [0.05, 0.1) is 5.56 Å². The van der Waals surface area contributed by atoms with Crippen molar-refractivity contribution in [2.75, 3.05) is 7.05 Å². The van der Waals surface area contributed by atoms with Crippen molar-refractivity contribution in [2.24, 2.45) is 0 Å². The largest absolute Gasteiger partial charge is 0.355 e. The Morgan fingerprint density at radius 2 is 1.73 bits per heavy atom. The van der Waals surface area contributed by atoms with Gasteiger partial charge in [-0.1, -0.05) is 13.8 Å². The summed E-state index contributed by atoms with van der Waals surface area (Å²) in [4.78, 5) is 11.0. The highest BCUT2D eigenvalue weighted by Gasteiger charge is 2.12. The van der Waals surface area contributed by atoms with E-state index in [0.717, 1.165) is 12.1 Å². The van der Waals surface area contributed by atoms with Gasteiger partial charge in [-0.3, -0.25) is 4.79 Å². The molecule has 0 aromatic heterocycles. The van der Waals surface area contributed by atoms with Crippen molar-refractivity contribution in [3.8, 4) is 0 Å². The fraction of sp³-hybridized carbons (Fsp3) is 0.364. The zero-order chi connectivity index (χ0) is 12.0. The van der Waals surface area contributed by atoms with Gasteiger partial charge in [-0.25, -0.2) is 8.78 Å². The van der Waals surface area contributed by atoms with Crippen molar-refractivity contribution < 1.29 is 13.6 Å². The average Bonchev–Trinajstić information content (AvgIpc) is 2.25. The Morgan fingerprint density at radius 3 is 2.20 bits per heavy atom. The van der Waals surface area contributed by atoms with E-state index in [1.165, 1.54) is 14.0 Å². The van der Waals surface area contributed by atoms with E-state index < -0.39 is 17.5 Å². The monoisotopic (exact) mass is 215 g/mol. The number of aryl methyl sites for hydroxylation is 1. The number of benzene rings is 1. The second-order valence-electron chi connectivity index (χ2n) is 2.66. The van der Waals surface area contributed by atoms with Crippen LogP contribution in [-0.2, 0) is 0 Å². The first-order chi connectivity index (χ1) is 7.06. The van der Waals surface area contributed by atoms with Gasteiger partial charge in [0, 0.05) is 7.05 Å². The van der Waals surface area contributed by atoms with Crippen LogP contribution in [0.4, 0.5) is 8.78 Å². The Morgan fingerprint density at radius 1 is 1.20 bits per heavy atom. The molecule has 84 valence electrons. The number of carbonyl (C=O) groups is 1. The van der Waals surface area contributed by atoms with Crippen molar-refractivity contribution in [2.45, 2.75) is 20.8 Å². The first kappa shape index (κ1) is 13.5. The van der Waals surface area contributed by atoms with Crippen molar-refractivity contribution in [1.29, 1.82) is 0 Å². The van der Waals surface area contributed by atoms with Gasteiger partial charge in [-0.15, -0.1) is 0 Å². The Balaban J connectivity index is 0.000000921. The fourth-order valence-electron chi connectivity index (χ4n) is 0.955. The van der Waals surface area contributed by atoms with Crippen LogP contribution in [0, 0.1) is 18.6 Å². The highest BCUT2D eigenvalue weighted by atomic mass is 19.1. The summed E-state index contributed by atoms with van der Waals surface area (Å²) < 4.78 is 25.9. The molecule has 1 amide bonds. The van der Waals surface area contributed by atoms with Gasteiger partial charge in [-0.05, 0) is 24.6 Å². The Labute approximate surface area is 88.3 Å². The van der Waals surface area contributed by atoms with Crippen LogP contribution in [0.5, 0.6) is 0 Å². The molecule has 0 aliphatic carbocycles. The predicted molar refractivity (Wildman–Crippen MR) is 55.8 cm³/mol. The second kappa shape index (κ2) is 6.11. The van der Waals surface area contributed by atoms with E-state index in [4.69, 9.17) is 0 Å². The lowest BCUT2D eigenvalue weighted by atomic mass is 10.1. The summed E-state index contributed by atoms with van der Waals surface area (Å²) >= 11 is 0. The van der Waals surface area contributed by atoms with E-state index in [1.807, 2.05) is 13.8 Å². The summed E-state index contributed by atoms with van der Waals surface area (Å²) in [6, 6.07) is 1.89. The third-order valence-electron chi connectivity index (χ3n) is 1.72. The molecule has 2 nitrogen and oxygen atoms in total. The molecule has 0 aliphatic rings. The third-order valence-corrected chi connectivity index (χ3v) is 1.72. The second-order valence-corrected chi connectivity index (χ2v) is 2.66. The number of halogens is 2. The SMILES string of the molecule is CC.CNC(=O)c1cc(F)c(C)cc1F. The van der Waals surface area contributed by atoms with E-state index >= 15 is 0 Å². The first-order valence-electron chi connectivity index (χ1n) is 4.74.